The van der Waals surface area contributed by atoms with Crippen molar-refractivity contribution in [1.82, 2.24) is 9.97 Å². The number of H-pyrrole nitrogens is 1. The Kier molecular flexibility index (Phi) is 6.03. The molecule has 33 heavy (non-hydrogen) atoms. The highest BCUT2D eigenvalue weighted by molar-refractivity contribution is 6.28. The molecule has 0 aliphatic carbocycles. The molecule has 9 nitrogen and oxygen atoms in total. The van der Waals surface area contributed by atoms with Crippen LogP contribution in [0.3, 0.4) is 0 Å². The summed E-state index contributed by atoms with van der Waals surface area (Å²) in [5.41, 5.74) is 2.37. The minimum absolute atomic E-state index is 0.269. The van der Waals surface area contributed by atoms with E-state index in [2.05, 4.69) is 20.4 Å². The molecule has 2 N–H and O–H groups in total. The molecule has 9 heteroatoms. The van der Waals surface area contributed by atoms with E-state index in [0.29, 0.717) is 28.5 Å². The summed E-state index contributed by atoms with van der Waals surface area (Å²) in [4.78, 5) is 45.5. The molecule has 2 aromatic carbocycles. The normalized spacial score (nSPS) is 15.5. The van der Waals surface area contributed by atoms with E-state index in [1.807, 2.05) is 6.07 Å². The summed E-state index contributed by atoms with van der Waals surface area (Å²) < 4.78 is 5.21. The van der Waals surface area contributed by atoms with E-state index in [4.69, 9.17) is 4.74 Å². The number of aromatic amines is 1. The molecule has 2 amide bonds. The largest absolute Gasteiger partial charge is 0.459 e. The number of nitrogens with zero attached hydrogens (tertiary/aromatic N) is 3. The van der Waals surface area contributed by atoms with Crippen LogP contribution in [0, 0.1) is 5.92 Å². The van der Waals surface area contributed by atoms with Crippen molar-refractivity contribution in [2.45, 2.75) is 26.9 Å². The van der Waals surface area contributed by atoms with Crippen molar-refractivity contribution in [3.05, 3.63) is 66.5 Å². The molecule has 4 rings (SSSR count). The van der Waals surface area contributed by atoms with E-state index in [1.165, 1.54) is 6.07 Å². The minimum Gasteiger partial charge on any atom is -0.459 e. The third-order valence-electron chi connectivity index (χ3n) is 4.96. The number of ether oxygens (including phenoxy) is 1. The number of carbonyl (C=O) groups excluding carboxylic acids is 3. The maximum absolute atomic E-state index is 13.1. The predicted molar refractivity (Wildman–Crippen MR) is 124 cm³/mol. The van der Waals surface area contributed by atoms with Gasteiger partial charge in [0, 0.05) is 23.6 Å². The lowest BCUT2D eigenvalue weighted by molar-refractivity contribution is -0.127. The third kappa shape index (κ3) is 4.67. The second-order valence-electron chi connectivity index (χ2n) is 7.84. The van der Waals surface area contributed by atoms with Gasteiger partial charge in [0.2, 0.25) is 5.91 Å². The van der Waals surface area contributed by atoms with Crippen LogP contribution in [0.5, 0.6) is 0 Å². The van der Waals surface area contributed by atoms with Gasteiger partial charge in [0.1, 0.15) is 5.82 Å². The molecule has 2 heterocycles. The highest BCUT2D eigenvalue weighted by Crippen LogP contribution is 2.27. The number of hydrazone groups is 1. The first kappa shape index (κ1) is 21.9. The summed E-state index contributed by atoms with van der Waals surface area (Å²) >= 11 is 0. The number of hydrogen-bond acceptors (Lipinski definition) is 6. The zero-order valence-electron chi connectivity index (χ0n) is 18.4. The van der Waals surface area contributed by atoms with Crippen molar-refractivity contribution in [3.63, 3.8) is 0 Å². The highest BCUT2D eigenvalue weighted by atomic mass is 16.5. The van der Waals surface area contributed by atoms with Gasteiger partial charge in [-0.2, -0.15) is 10.1 Å². The Bertz CT molecular complexity index is 1230. The van der Waals surface area contributed by atoms with Gasteiger partial charge in [-0.25, -0.2) is 9.78 Å². The zero-order valence-corrected chi connectivity index (χ0v) is 18.4. The quantitative estimate of drug-likeness (QED) is 0.444. The Balaban J connectivity index is 1.51. The number of benzene rings is 2. The van der Waals surface area contributed by atoms with E-state index in [1.54, 1.807) is 69.6 Å². The molecular formula is C24H23N5O4. The van der Waals surface area contributed by atoms with Crippen LogP contribution in [-0.2, 0) is 14.3 Å². The molecule has 0 radical (unpaired) electrons. The molecule has 1 aromatic heterocycles. The standard InChI is InChI=1S/C24H23N5O4/c1-14(2)33-24(32)17-7-5-9-19(13-17)29-23(31)20(15(3)28-29)22(30)27-18-8-4-6-16(12-18)21-25-10-11-26-21/h4-14,20H,1-3H3,(H,25,26)(H,27,30). The SMILES string of the molecule is CC1=NN(c2cccc(C(=O)OC(C)C)c2)C(=O)C1C(=O)Nc1cccc(-c2ncc[nH]2)c1. The van der Waals surface area contributed by atoms with Crippen LogP contribution in [0.25, 0.3) is 11.4 Å². The first-order chi connectivity index (χ1) is 15.8. The lowest BCUT2D eigenvalue weighted by Crippen LogP contribution is -2.36. The van der Waals surface area contributed by atoms with Crippen LogP contribution in [0.1, 0.15) is 31.1 Å². The molecule has 1 atom stereocenters. The van der Waals surface area contributed by atoms with Crippen molar-refractivity contribution in [2.24, 2.45) is 11.0 Å². The zero-order chi connectivity index (χ0) is 23.5. The van der Waals surface area contributed by atoms with Gasteiger partial charge < -0.3 is 15.0 Å². The number of amides is 2. The Morgan fingerprint density at radius 2 is 1.94 bits per heavy atom. The fourth-order valence-electron chi connectivity index (χ4n) is 3.48. The maximum atomic E-state index is 13.1. The van der Waals surface area contributed by atoms with E-state index >= 15 is 0 Å². The lowest BCUT2D eigenvalue weighted by Gasteiger charge is -2.16. The predicted octanol–water partition coefficient (Wildman–Crippen LogP) is 3.62. The van der Waals surface area contributed by atoms with Crippen LogP contribution in [0.15, 0.2) is 66.0 Å². The maximum Gasteiger partial charge on any atom is 0.338 e. The van der Waals surface area contributed by atoms with Crippen LogP contribution in [0.2, 0.25) is 0 Å². The lowest BCUT2D eigenvalue weighted by atomic mass is 10.0. The molecule has 0 spiro atoms. The van der Waals surface area contributed by atoms with Gasteiger partial charge in [0.05, 0.1) is 23.1 Å². The molecule has 0 saturated heterocycles. The smallest absolute Gasteiger partial charge is 0.338 e. The van der Waals surface area contributed by atoms with E-state index in [9.17, 15) is 14.4 Å². The fourth-order valence-corrected chi connectivity index (χ4v) is 3.48. The van der Waals surface area contributed by atoms with Crippen molar-refractivity contribution < 1.29 is 19.1 Å². The van der Waals surface area contributed by atoms with Gasteiger partial charge in [-0.15, -0.1) is 0 Å². The third-order valence-corrected chi connectivity index (χ3v) is 4.96. The number of aromatic nitrogens is 2. The minimum atomic E-state index is -1.08. The summed E-state index contributed by atoms with van der Waals surface area (Å²) in [6.07, 6.45) is 3.09. The molecule has 0 saturated carbocycles. The number of imidazole rings is 1. The molecular weight excluding hydrogens is 422 g/mol. The Morgan fingerprint density at radius 3 is 2.67 bits per heavy atom. The number of nitrogens with one attached hydrogen (secondary N) is 2. The fraction of sp³-hybridized carbons (Fsp3) is 0.208. The number of hydrogen-bond donors (Lipinski definition) is 2. The number of rotatable bonds is 6. The topological polar surface area (TPSA) is 117 Å². The van der Waals surface area contributed by atoms with Gasteiger partial charge in [0.25, 0.3) is 5.91 Å². The Labute approximate surface area is 190 Å². The average molecular weight is 445 g/mol. The van der Waals surface area contributed by atoms with Crippen molar-refractivity contribution >= 4 is 34.9 Å². The van der Waals surface area contributed by atoms with Gasteiger partial charge in [-0.05, 0) is 51.1 Å². The number of esters is 1. The Hall–Kier alpha value is -4.27. The molecule has 0 fully saturated rings. The van der Waals surface area contributed by atoms with Crippen LogP contribution >= 0.6 is 0 Å². The number of anilines is 2. The molecule has 1 aliphatic heterocycles. The van der Waals surface area contributed by atoms with E-state index in [-0.39, 0.29) is 6.10 Å². The second-order valence-corrected chi connectivity index (χ2v) is 7.84. The molecule has 1 unspecified atom stereocenters. The van der Waals surface area contributed by atoms with Crippen molar-refractivity contribution in [1.29, 1.82) is 0 Å². The van der Waals surface area contributed by atoms with Crippen molar-refractivity contribution in [3.8, 4) is 11.4 Å². The molecule has 3 aromatic rings. The second kappa shape index (κ2) is 9.07. The summed E-state index contributed by atoms with van der Waals surface area (Å²) in [5.74, 6) is -1.89. The molecule has 0 bridgehead atoms. The van der Waals surface area contributed by atoms with Crippen LogP contribution in [0.4, 0.5) is 11.4 Å². The van der Waals surface area contributed by atoms with Gasteiger partial charge in [0.15, 0.2) is 5.92 Å². The monoisotopic (exact) mass is 445 g/mol. The Morgan fingerprint density at radius 1 is 1.15 bits per heavy atom. The molecule has 168 valence electrons. The van der Waals surface area contributed by atoms with Gasteiger partial charge >= 0.3 is 5.97 Å². The summed E-state index contributed by atoms with van der Waals surface area (Å²) in [6, 6.07) is 13.6. The number of carbonyl (C=O) groups is 3. The van der Waals surface area contributed by atoms with Crippen molar-refractivity contribution in [2.75, 3.05) is 10.3 Å². The molecule has 1 aliphatic rings. The summed E-state index contributed by atoms with van der Waals surface area (Å²) in [5, 5.41) is 8.21. The highest BCUT2D eigenvalue weighted by Gasteiger charge is 2.40. The van der Waals surface area contributed by atoms with Crippen LogP contribution in [-0.4, -0.2) is 39.6 Å². The van der Waals surface area contributed by atoms with Gasteiger partial charge in [-0.3, -0.25) is 9.59 Å². The van der Waals surface area contributed by atoms with Gasteiger partial charge in [-0.1, -0.05) is 18.2 Å². The van der Waals surface area contributed by atoms with E-state index in [0.717, 1.165) is 10.6 Å². The van der Waals surface area contributed by atoms with Crippen LogP contribution < -0.4 is 10.3 Å². The average Bonchev–Trinajstić information content (AvgIpc) is 3.42. The first-order valence-corrected chi connectivity index (χ1v) is 10.4. The van der Waals surface area contributed by atoms with E-state index < -0.39 is 23.7 Å². The summed E-state index contributed by atoms with van der Waals surface area (Å²) in [6.45, 7) is 5.14. The first-order valence-electron chi connectivity index (χ1n) is 10.4. The summed E-state index contributed by atoms with van der Waals surface area (Å²) in [7, 11) is 0.